The Hall–Kier alpha value is -2.20. The van der Waals surface area contributed by atoms with Crippen LogP contribution in [0.1, 0.15) is 36.6 Å². The summed E-state index contributed by atoms with van der Waals surface area (Å²) >= 11 is 0. The van der Waals surface area contributed by atoms with Crippen molar-refractivity contribution in [3.05, 3.63) is 53.1 Å². The summed E-state index contributed by atoms with van der Waals surface area (Å²) in [5.74, 6) is 2.60. The van der Waals surface area contributed by atoms with Crippen LogP contribution in [0.3, 0.4) is 0 Å². The molecule has 1 unspecified atom stereocenters. The Morgan fingerprint density at radius 1 is 0.958 bits per heavy atom. The first-order valence-electron chi connectivity index (χ1n) is 8.57. The van der Waals surface area contributed by atoms with Crippen LogP contribution in [0.15, 0.2) is 36.4 Å². The second kappa shape index (κ2) is 7.58. The molecule has 0 saturated heterocycles. The highest BCUT2D eigenvalue weighted by molar-refractivity contribution is 5.55. The summed E-state index contributed by atoms with van der Waals surface area (Å²) in [5.41, 5.74) is 3.62. The molecule has 1 aliphatic heterocycles. The van der Waals surface area contributed by atoms with Crippen molar-refractivity contribution in [1.82, 2.24) is 5.32 Å². The zero-order valence-corrected chi connectivity index (χ0v) is 14.6. The smallest absolute Gasteiger partial charge is 0.164 e. The molecule has 0 saturated carbocycles. The maximum Gasteiger partial charge on any atom is 0.164 e. The monoisotopic (exact) mass is 327 g/mol. The Kier molecular flexibility index (Phi) is 5.26. The van der Waals surface area contributed by atoms with E-state index in [1.165, 1.54) is 11.1 Å². The molecule has 2 aromatic rings. The van der Waals surface area contributed by atoms with E-state index in [9.17, 15) is 0 Å². The molecule has 2 aromatic carbocycles. The topological polar surface area (TPSA) is 39.7 Å². The van der Waals surface area contributed by atoms with E-state index in [-0.39, 0.29) is 6.04 Å². The first-order chi connectivity index (χ1) is 11.8. The molecule has 0 aromatic heterocycles. The number of nitrogens with one attached hydrogen (secondary N) is 1. The van der Waals surface area contributed by atoms with Gasteiger partial charge in [-0.15, -0.1) is 0 Å². The Morgan fingerprint density at radius 3 is 2.50 bits per heavy atom. The Morgan fingerprint density at radius 2 is 1.75 bits per heavy atom. The average Bonchev–Trinajstić information content (AvgIpc) is 2.62. The van der Waals surface area contributed by atoms with Crippen LogP contribution in [0.25, 0.3) is 0 Å². The van der Waals surface area contributed by atoms with Gasteiger partial charge < -0.3 is 19.5 Å². The third-order valence-electron chi connectivity index (χ3n) is 4.33. The molecule has 0 aliphatic carbocycles. The van der Waals surface area contributed by atoms with Gasteiger partial charge in [-0.25, -0.2) is 0 Å². The van der Waals surface area contributed by atoms with Gasteiger partial charge in [-0.3, -0.25) is 0 Å². The van der Waals surface area contributed by atoms with Crippen molar-refractivity contribution in [2.75, 3.05) is 26.9 Å². The van der Waals surface area contributed by atoms with Gasteiger partial charge in [0, 0.05) is 17.7 Å². The summed E-state index contributed by atoms with van der Waals surface area (Å²) in [6.07, 6.45) is 0.926. The SMILES string of the molecule is CCOc1ccccc1C1NCCc2c1ccc(OC)c2OCC. The maximum atomic E-state index is 5.90. The van der Waals surface area contributed by atoms with Gasteiger partial charge in [-0.1, -0.05) is 24.3 Å². The van der Waals surface area contributed by atoms with E-state index in [4.69, 9.17) is 14.2 Å². The van der Waals surface area contributed by atoms with Crippen molar-refractivity contribution in [1.29, 1.82) is 0 Å². The summed E-state index contributed by atoms with van der Waals surface area (Å²) in [5, 5.41) is 3.62. The second-order valence-corrected chi connectivity index (χ2v) is 5.71. The fourth-order valence-corrected chi connectivity index (χ4v) is 3.35. The molecule has 128 valence electrons. The molecule has 0 bridgehead atoms. The molecule has 0 fully saturated rings. The normalized spacial score (nSPS) is 16.4. The van der Waals surface area contributed by atoms with Crippen LogP contribution in [0, 0.1) is 0 Å². The third-order valence-corrected chi connectivity index (χ3v) is 4.33. The lowest BCUT2D eigenvalue weighted by atomic mass is 9.88. The molecule has 3 rings (SSSR count). The quantitative estimate of drug-likeness (QED) is 0.877. The molecule has 0 radical (unpaired) electrons. The van der Waals surface area contributed by atoms with E-state index in [1.807, 2.05) is 32.0 Å². The van der Waals surface area contributed by atoms with Crippen molar-refractivity contribution in [2.24, 2.45) is 0 Å². The molecule has 0 spiro atoms. The minimum Gasteiger partial charge on any atom is -0.494 e. The molecule has 24 heavy (non-hydrogen) atoms. The second-order valence-electron chi connectivity index (χ2n) is 5.71. The van der Waals surface area contributed by atoms with Crippen molar-refractivity contribution in [3.8, 4) is 17.2 Å². The minimum absolute atomic E-state index is 0.0987. The van der Waals surface area contributed by atoms with Crippen molar-refractivity contribution in [3.63, 3.8) is 0 Å². The van der Waals surface area contributed by atoms with Gasteiger partial charge in [0.15, 0.2) is 11.5 Å². The lowest BCUT2D eigenvalue weighted by Gasteiger charge is -2.30. The van der Waals surface area contributed by atoms with E-state index >= 15 is 0 Å². The van der Waals surface area contributed by atoms with Gasteiger partial charge in [-0.2, -0.15) is 0 Å². The van der Waals surface area contributed by atoms with Gasteiger partial charge in [0.1, 0.15) is 5.75 Å². The minimum atomic E-state index is 0.0987. The van der Waals surface area contributed by atoms with Crippen LogP contribution in [-0.4, -0.2) is 26.9 Å². The van der Waals surface area contributed by atoms with Gasteiger partial charge in [-0.05, 0) is 38.0 Å². The first-order valence-corrected chi connectivity index (χ1v) is 8.57. The van der Waals surface area contributed by atoms with Crippen molar-refractivity contribution in [2.45, 2.75) is 26.3 Å². The van der Waals surface area contributed by atoms with Crippen molar-refractivity contribution < 1.29 is 14.2 Å². The van der Waals surface area contributed by atoms with Crippen molar-refractivity contribution >= 4 is 0 Å². The number of fused-ring (bicyclic) bond motifs is 1. The largest absolute Gasteiger partial charge is 0.494 e. The van der Waals surface area contributed by atoms with Crippen LogP contribution in [0.2, 0.25) is 0 Å². The standard InChI is InChI=1S/C20H25NO3/c1-4-23-17-9-7-6-8-16(17)19-14-10-11-18(22-3)20(24-5-2)15(14)12-13-21-19/h6-11,19,21H,4-5,12-13H2,1-3H3. The molecule has 1 aliphatic rings. The number of hydrogen-bond acceptors (Lipinski definition) is 4. The zero-order chi connectivity index (χ0) is 16.9. The van der Waals surface area contributed by atoms with Gasteiger partial charge >= 0.3 is 0 Å². The predicted molar refractivity (Wildman–Crippen MR) is 95.3 cm³/mol. The summed E-state index contributed by atoms with van der Waals surface area (Å²) in [6, 6.07) is 12.5. The lowest BCUT2D eigenvalue weighted by molar-refractivity contribution is 0.304. The number of rotatable bonds is 6. The first kappa shape index (κ1) is 16.7. The summed E-state index contributed by atoms with van der Waals surface area (Å²) in [4.78, 5) is 0. The molecule has 4 heteroatoms. The molecule has 4 nitrogen and oxygen atoms in total. The number of ether oxygens (including phenoxy) is 3. The van der Waals surface area contributed by atoms with E-state index in [0.29, 0.717) is 13.2 Å². The Balaban J connectivity index is 2.08. The molecular formula is C20H25NO3. The van der Waals surface area contributed by atoms with Gasteiger partial charge in [0.25, 0.3) is 0 Å². The highest BCUT2D eigenvalue weighted by Gasteiger charge is 2.27. The predicted octanol–water partition coefficient (Wildman–Crippen LogP) is 3.73. The van der Waals surface area contributed by atoms with Crippen LogP contribution < -0.4 is 19.5 Å². The zero-order valence-electron chi connectivity index (χ0n) is 14.6. The van der Waals surface area contributed by atoms with Crippen LogP contribution in [-0.2, 0) is 6.42 Å². The van der Waals surface area contributed by atoms with E-state index in [0.717, 1.165) is 35.8 Å². The summed E-state index contributed by atoms with van der Waals surface area (Å²) in [7, 11) is 1.69. The van der Waals surface area contributed by atoms with Gasteiger partial charge in [0.2, 0.25) is 0 Å². The fraction of sp³-hybridized carbons (Fsp3) is 0.400. The van der Waals surface area contributed by atoms with E-state index < -0.39 is 0 Å². The van der Waals surface area contributed by atoms with E-state index in [1.54, 1.807) is 7.11 Å². The number of para-hydroxylation sites is 1. The van der Waals surface area contributed by atoms with Gasteiger partial charge in [0.05, 0.1) is 26.4 Å². The fourth-order valence-electron chi connectivity index (χ4n) is 3.35. The highest BCUT2D eigenvalue weighted by atomic mass is 16.5. The molecule has 1 N–H and O–H groups in total. The van der Waals surface area contributed by atoms with E-state index in [2.05, 4.69) is 23.5 Å². The lowest BCUT2D eigenvalue weighted by Crippen LogP contribution is -2.31. The molecule has 1 heterocycles. The molecule has 1 atom stereocenters. The van der Waals surface area contributed by atoms with Crippen LogP contribution >= 0.6 is 0 Å². The molecular weight excluding hydrogens is 302 g/mol. The Bertz CT molecular complexity index is 699. The number of hydrogen-bond donors (Lipinski definition) is 1. The number of methoxy groups -OCH3 is 1. The third kappa shape index (κ3) is 3.06. The summed E-state index contributed by atoms with van der Waals surface area (Å²) < 4.78 is 17.2. The number of benzene rings is 2. The molecule has 0 amide bonds. The average molecular weight is 327 g/mol. The van der Waals surface area contributed by atoms with Crippen LogP contribution in [0.5, 0.6) is 17.2 Å². The highest BCUT2D eigenvalue weighted by Crippen LogP contribution is 2.41. The maximum absolute atomic E-state index is 5.90. The summed E-state index contributed by atoms with van der Waals surface area (Å²) in [6.45, 7) is 6.19. The van der Waals surface area contributed by atoms with Crippen LogP contribution in [0.4, 0.5) is 0 Å². The Labute approximate surface area is 143 Å².